The van der Waals surface area contributed by atoms with Gasteiger partial charge in [0.2, 0.25) is 0 Å². The van der Waals surface area contributed by atoms with Crippen molar-refractivity contribution in [2.75, 3.05) is 6.61 Å². The summed E-state index contributed by atoms with van der Waals surface area (Å²) in [6.45, 7) is 4.99. The molecule has 7 heteroatoms. The highest BCUT2D eigenvalue weighted by molar-refractivity contribution is 7.75. The molecule has 0 saturated carbocycles. The molecule has 0 fully saturated rings. The fourth-order valence-electron chi connectivity index (χ4n) is 2.63. The van der Waals surface area contributed by atoms with Crippen LogP contribution in [0.25, 0.3) is 0 Å². The zero-order valence-corrected chi connectivity index (χ0v) is 15.3. The van der Waals surface area contributed by atoms with E-state index in [9.17, 15) is 15.0 Å². The first-order chi connectivity index (χ1) is 11.2. The van der Waals surface area contributed by atoms with E-state index in [0.717, 1.165) is 0 Å². The third-order valence-corrected chi connectivity index (χ3v) is 4.65. The molecule has 0 amide bonds. The van der Waals surface area contributed by atoms with Crippen LogP contribution in [0.15, 0.2) is 23.8 Å². The van der Waals surface area contributed by atoms with E-state index in [0.29, 0.717) is 12.0 Å². The van der Waals surface area contributed by atoms with Gasteiger partial charge in [0.15, 0.2) is 0 Å². The summed E-state index contributed by atoms with van der Waals surface area (Å²) in [5.41, 5.74) is -0.625. The number of aliphatic hydroxyl groups is 3. The van der Waals surface area contributed by atoms with E-state index in [1.807, 2.05) is 6.92 Å². The zero-order valence-electron chi connectivity index (χ0n) is 14.4. The summed E-state index contributed by atoms with van der Waals surface area (Å²) in [6.07, 6.45) is 3.23. The lowest BCUT2D eigenvalue weighted by molar-refractivity contribution is -0.151. The van der Waals surface area contributed by atoms with Crippen LogP contribution in [0.1, 0.15) is 40.0 Å². The predicted octanol–water partition coefficient (Wildman–Crippen LogP) is 1.55. The van der Waals surface area contributed by atoms with E-state index < -0.39 is 29.9 Å². The minimum Gasteiger partial charge on any atom is -0.457 e. The van der Waals surface area contributed by atoms with Crippen LogP contribution >= 0.6 is 12.9 Å². The average Bonchev–Trinajstić information content (AvgIpc) is 2.53. The lowest BCUT2D eigenvalue weighted by Crippen LogP contribution is -2.39. The van der Waals surface area contributed by atoms with E-state index in [1.54, 1.807) is 26.0 Å². The van der Waals surface area contributed by atoms with Crippen molar-refractivity contribution in [2.24, 2.45) is 5.92 Å². The summed E-state index contributed by atoms with van der Waals surface area (Å²) in [5.74, 6) is -0.678. The Morgan fingerprint density at radius 1 is 1.54 bits per heavy atom. The molecule has 1 aliphatic rings. The highest BCUT2D eigenvalue weighted by Crippen LogP contribution is 2.26. The Bertz CT molecular complexity index is 474. The van der Waals surface area contributed by atoms with Gasteiger partial charge in [-0.15, -0.1) is 0 Å². The number of carbonyl (C=O) groups is 1. The first-order valence-electron chi connectivity index (χ1n) is 8.07. The largest absolute Gasteiger partial charge is 0.457 e. The Morgan fingerprint density at radius 3 is 2.79 bits per heavy atom. The summed E-state index contributed by atoms with van der Waals surface area (Å²) in [6, 6.07) is 0. The van der Waals surface area contributed by atoms with Gasteiger partial charge in [-0.2, -0.15) is 0 Å². The molecule has 1 rings (SSSR count). The molecule has 0 bridgehead atoms. The molecule has 1 aliphatic heterocycles. The summed E-state index contributed by atoms with van der Waals surface area (Å²) in [4.78, 5) is 12.2. The molecule has 6 nitrogen and oxygen atoms in total. The molecule has 3 N–H and O–H groups in total. The van der Waals surface area contributed by atoms with Gasteiger partial charge < -0.3 is 24.2 Å². The van der Waals surface area contributed by atoms with Crippen LogP contribution in [0.5, 0.6) is 0 Å². The molecule has 5 atom stereocenters. The monoisotopic (exact) mass is 360 g/mol. The van der Waals surface area contributed by atoms with Crippen LogP contribution in [0, 0.1) is 5.92 Å². The lowest BCUT2D eigenvalue weighted by Gasteiger charge is -2.30. The molecular weight excluding hydrogens is 332 g/mol. The highest BCUT2D eigenvalue weighted by Gasteiger charge is 2.32. The molecule has 24 heavy (non-hydrogen) atoms. The van der Waals surface area contributed by atoms with E-state index in [-0.39, 0.29) is 25.4 Å². The van der Waals surface area contributed by atoms with E-state index >= 15 is 0 Å². The quantitative estimate of drug-likeness (QED) is 0.264. The molecule has 0 spiro atoms. The van der Waals surface area contributed by atoms with E-state index in [1.165, 1.54) is 6.08 Å². The first-order valence-corrected chi connectivity index (χ1v) is 8.43. The molecule has 0 saturated heterocycles. The normalized spacial score (nSPS) is 38.0. The molecule has 0 aliphatic carbocycles. The van der Waals surface area contributed by atoms with Crippen LogP contribution in [0.3, 0.4) is 0 Å². The van der Waals surface area contributed by atoms with Crippen LogP contribution < -0.4 is 0 Å². The standard InChI is InChI=1S/C17H28O6S/c1-11-4-5-14(19)17(3,21)8-6-13(23-24)10-15(20)22-16(11)12(2)7-9-18/h4-5,7,11,13-14,16,18-19,21,24H,6,8-10H2,1-3H3/b5-4+,12-7+/t11-,13+,14-,16-,17+/m0/s1. The van der Waals surface area contributed by atoms with Crippen molar-refractivity contribution >= 4 is 18.9 Å². The smallest absolute Gasteiger partial charge is 0.309 e. The molecule has 0 aromatic heterocycles. The second-order valence-electron chi connectivity index (χ2n) is 6.56. The Balaban J connectivity index is 3.12. The summed E-state index contributed by atoms with van der Waals surface area (Å²) in [7, 11) is 0. The first kappa shape index (κ1) is 21.2. The van der Waals surface area contributed by atoms with Gasteiger partial charge in [-0.1, -0.05) is 25.2 Å². The number of ether oxygens (including phenoxy) is 1. The molecule has 1 heterocycles. The SMILES string of the molecule is C/C(=C\CO)[C@H]1OC(=O)C[C@H](OS)CC[C@@](C)(O)[C@@H](O)/C=C/[C@@H]1C. The Kier molecular flexibility index (Phi) is 8.45. The van der Waals surface area contributed by atoms with Crippen molar-refractivity contribution in [3.63, 3.8) is 0 Å². The minimum atomic E-state index is -1.34. The average molecular weight is 360 g/mol. The van der Waals surface area contributed by atoms with Crippen molar-refractivity contribution < 1.29 is 29.0 Å². The lowest BCUT2D eigenvalue weighted by atomic mass is 9.89. The molecule has 0 aromatic carbocycles. The number of aliphatic hydroxyl groups excluding tert-OH is 2. The third kappa shape index (κ3) is 6.22. The maximum atomic E-state index is 12.2. The van der Waals surface area contributed by atoms with Gasteiger partial charge in [0.1, 0.15) is 12.2 Å². The number of hydrogen-bond acceptors (Lipinski definition) is 7. The maximum Gasteiger partial charge on any atom is 0.309 e. The molecule has 138 valence electrons. The minimum absolute atomic E-state index is 0.00495. The zero-order chi connectivity index (χ0) is 18.3. The fourth-order valence-corrected chi connectivity index (χ4v) is 2.81. The third-order valence-electron chi connectivity index (χ3n) is 4.35. The van der Waals surface area contributed by atoms with Gasteiger partial charge in [0.05, 0.1) is 24.7 Å². The number of cyclic esters (lactones) is 1. The summed E-state index contributed by atoms with van der Waals surface area (Å²) < 4.78 is 10.5. The second-order valence-corrected chi connectivity index (χ2v) is 6.77. The molecule has 0 radical (unpaired) electrons. The van der Waals surface area contributed by atoms with Gasteiger partial charge in [-0.05, 0) is 45.2 Å². The topological polar surface area (TPSA) is 96.2 Å². The molecule has 0 unspecified atom stereocenters. The number of esters is 1. The van der Waals surface area contributed by atoms with Crippen LogP contribution in [0.2, 0.25) is 0 Å². The van der Waals surface area contributed by atoms with Gasteiger partial charge in [-0.25, -0.2) is 0 Å². The van der Waals surface area contributed by atoms with Crippen molar-refractivity contribution in [3.8, 4) is 0 Å². The number of rotatable bonds is 3. The maximum absolute atomic E-state index is 12.2. The Morgan fingerprint density at radius 2 is 2.21 bits per heavy atom. The number of thiol groups is 1. The van der Waals surface area contributed by atoms with Crippen LogP contribution in [-0.4, -0.2) is 51.8 Å². The number of hydrogen-bond donors (Lipinski definition) is 4. The van der Waals surface area contributed by atoms with Crippen molar-refractivity contribution in [3.05, 3.63) is 23.8 Å². The molecular formula is C17H28O6S. The predicted molar refractivity (Wildman–Crippen MR) is 93.4 cm³/mol. The van der Waals surface area contributed by atoms with Gasteiger partial charge >= 0.3 is 5.97 Å². The van der Waals surface area contributed by atoms with Crippen molar-refractivity contribution in [1.29, 1.82) is 0 Å². The Labute approximate surface area is 148 Å². The fraction of sp³-hybridized carbons (Fsp3) is 0.706. The van der Waals surface area contributed by atoms with Crippen LogP contribution in [-0.2, 0) is 13.7 Å². The Hall–Kier alpha value is -0.860. The summed E-state index contributed by atoms with van der Waals surface area (Å²) in [5, 5.41) is 29.7. The summed E-state index contributed by atoms with van der Waals surface area (Å²) >= 11 is 3.78. The van der Waals surface area contributed by atoms with Gasteiger partial charge in [0.25, 0.3) is 0 Å². The van der Waals surface area contributed by atoms with Gasteiger partial charge in [-0.3, -0.25) is 4.79 Å². The number of carbonyl (C=O) groups excluding carboxylic acids is 1. The van der Waals surface area contributed by atoms with Gasteiger partial charge in [0, 0.05) is 5.92 Å². The molecule has 0 aromatic rings. The highest BCUT2D eigenvalue weighted by atomic mass is 32.1. The van der Waals surface area contributed by atoms with Crippen molar-refractivity contribution in [1.82, 2.24) is 0 Å². The van der Waals surface area contributed by atoms with Crippen molar-refractivity contribution in [2.45, 2.75) is 63.9 Å². The van der Waals surface area contributed by atoms with E-state index in [4.69, 9.17) is 14.0 Å². The van der Waals surface area contributed by atoms with Crippen LogP contribution in [0.4, 0.5) is 0 Å². The van der Waals surface area contributed by atoms with E-state index in [2.05, 4.69) is 12.9 Å². The second kappa shape index (κ2) is 9.58.